The van der Waals surface area contributed by atoms with Crippen molar-refractivity contribution in [2.24, 2.45) is 0 Å². The molecule has 18 heavy (non-hydrogen) atoms. The monoisotopic (exact) mass is 279 g/mol. The molecule has 6 nitrogen and oxygen atoms in total. The first-order valence-electron chi connectivity index (χ1n) is 5.86. The standard InChI is InChI=1S/C11H21NO5S/c1-4-11(13)17-10-12(5-2,6-3)8-7-9-18(14,15)16/h4H,1,5-10H2,2-3H3. The van der Waals surface area contributed by atoms with Gasteiger partial charge in [-0.2, -0.15) is 0 Å². The largest absolute Gasteiger partial charge is 0.748 e. The molecule has 0 N–H and O–H groups in total. The molecule has 0 heterocycles. The summed E-state index contributed by atoms with van der Waals surface area (Å²) in [5.41, 5.74) is 0. The molecular weight excluding hydrogens is 258 g/mol. The quantitative estimate of drug-likeness (QED) is 0.201. The number of hydrogen-bond donors (Lipinski definition) is 0. The Balaban J connectivity index is 4.42. The van der Waals surface area contributed by atoms with E-state index in [1.807, 2.05) is 13.8 Å². The molecule has 0 unspecified atom stereocenters. The zero-order valence-electron chi connectivity index (χ0n) is 10.9. The van der Waals surface area contributed by atoms with Crippen LogP contribution in [0.25, 0.3) is 0 Å². The molecule has 0 atom stereocenters. The van der Waals surface area contributed by atoms with Crippen LogP contribution in [0.5, 0.6) is 0 Å². The Labute approximate surface area is 109 Å². The summed E-state index contributed by atoms with van der Waals surface area (Å²) in [5.74, 6) is -0.890. The molecule has 0 saturated heterocycles. The zero-order valence-corrected chi connectivity index (χ0v) is 11.7. The minimum atomic E-state index is -4.18. The lowest BCUT2D eigenvalue weighted by molar-refractivity contribution is -0.940. The summed E-state index contributed by atoms with van der Waals surface area (Å²) < 4.78 is 37.1. The van der Waals surface area contributed by atoms with Crippen LogP contribution in [0.1, 0.15) is 20.3 Å². The third kappa shape index (κ3) is 6.73. The van der Waals surface area contributed by atoms with Crippen molar-refractivity contribution in [3.05, 3.63) is 12.7 Å². The van der Waals surface area contributed by atoms with Crippen LogP contribution in [0.2, 0.25) is 0 Å². The van der Waals surface area contributed by atoms with E-state index in [9.17, 15) is 17.8 Å². The van der Waals surface area contributed by atoms with Gasteiger partial charge in [0.15, 0.2) is 0 Å². The first-order chi connectivity index (χ1) is 8.28. The number of carbonyl (C=O) groups is 1. The molecule has 0 aromatic rings. The van der Waals surface area contributed by atoms with Crippen LogP contribution < -0.4 is 0 Å². The number of hydrogen-bond acceptors (Lipinski definition) is 5. The first-order valence-corrected chi connectivity index (χ1v) is 7.44. The number of rotatable bonds is 9. The molecule has 0 saturated carbocycles. The molecule has 0 radical (unpaired) electrons. The lowest BCUT2D eigenvalue weighted by atomic mass is 10.3. The summed E-state index contributed by atoms with van der Waals surface area (Å²) in [5, 5.41) is 0. The second-order valence-electron chi connectivity index (χ2n) is 4.11. The van der Waals surface area contributed by atoms with Crippen LogP contribution in [0.3, 0.4) is 0 Å². The molecule has 7 heteroatoms. The van der Waals surface area contributed by atoms with Gasteiger partial charge in [-0.25, -0.2) is 13.2 Å². The van der Waals surface area contributed by atoms with Crippen LogP contribution in [0, 0.1) is 0 Å². The van der Waals surface area contributed by atoms with Crippen molar-refractivity contribution in [3.63, 3.8) is 0 Å². The van der Waals surface area contributed by atoms with Crippen molar-refractivity contribution in [2.75, 3.05) is 32.1 Å². The van der Waals surface area contributed by atoms with Crippen molar-refractivity contribution in [3.8, 4) is 0 Å². The highest BCUT2D eigenvalue weighted by atomic mass is 32.2. The van der Waals surface area contributed by atoms with E-state index in [2.05, 4.69) is 6.58 Å². The van der Waals surface area contributed by atoms with Gasteiger partial charge in [-0.1, -0.05) is 6.58 Å². The number of esters is 1. The van der Waals surface area contributed by atoms with Gasteiger partial charge in [0, 0.05) is 18.2 Å². The molecular formula is C11H21NO5S. The summed E-state index contributed by atoms with van der Waals surface area (Å²) in [4.78, 5) is 11.0. The number of quaternary nitrogens is 1. The molecule has 0 aliphatic heterocycles. The summed E-state index contributed by atoms with van der Waals surface area (Å²) in [7, 11) is -4.18. The second kappa shape index (κ2) is 7.50. The summed E-state index contributed by atoms with van der Waals surface area (Å²) in [6.07, 6.45) is 1.35. The molecule has 106 valence electrons. The Hall–Kier alpha value is -0.920. The minimum Gasteiger partial charge on any atom is -0.748 e. The van der Waals surface area contributed by atoms with Crippen molar-refractivity contribution >= 4 is 16.1 Å². The molecule has 0 spiro atoms. The van der Waals surface area contributed by atoms with Gasteiger partial charge in [0.2, 0.25) is 6.73 Å². The van der Waals surface area contributed by atoms with Gasteiger partial charge in [-0.3, -0.25) is 4.48 Å². The highest BCUT2D eigenvalue weighted by Crippen LogP contribution is 2.09. The van der Waals surface area contributed by atoms with Crippen molar-refractivity contribution < 1.29 is 27.0 Å². The van der Waals surface area contributed by atoms with Crippen molar-refractivity contribution in [1.29, 1.82) is 0 Å². The number of ether oxygens (including phenoxy) is 1. The van der Waals surface area contributed by atoms with Gasteiger partial charge in [0.1, 0.15) is 0 Å². The molecule has 0 aromatic heterocycles. The van der Waals surface area contributed by atoms with E-state index < -0.39 is 16.1 Å². The topological polar surface area (TPSA) is 83.5 Å². The molecule has 0 fully saturated rings. The van der Waals surface area contributed by atoms with Gasteiger partial charge < -0.3 is 9.29 Å². The Morgan fingerprint density at radius 3 is 2.33 bits per heavy atom. The number of carbonyl (C=O) groups excluding carboxylic acids is 1. The SMILES string of the molecule is C=CC(=O)OC[N+](CC)(CC)CCCS(=O)(=O)[O-]. The van der Waals surface area contributed by atoms with Crippen molar-refractivity contribution in [1.82, 2.24) is 0 Å². The highest BCUT2D eigenvalue weighted by molar-refractivity contribution is 7.85. The predicted octanol–water partition coefficient (Wildman–Crippen LogP) is 0.465. The van der Waals surface area contributed by atoms with Gasteiger partial charge >= 0.3 is 5.97 Å². The Kier molecular flexibility index (Phi) is 7.12. The zero-order chi connectivity index (χ0) is 14.2. The van der Waals surface area contributed by atoms with Crippen molar-refractivity contribution in [2.45, 2.75) is 20.3 Å². The fourth-order valence-corrected chi connectivity index (χ4v) is 2.11. The van der Waals surface area contributed by atoms with E-state index in [4.69, 9.17) is 4.74 Å². The Morgan fingerprint density at radius 1 is 1.39 bits per heavy atom. The highest BCUT2D eigenvalue weighted by Gasteiger charge is 2.24. The van der Waals surface area contributed by atoms with Gasteiger partial charge in [0.05, 0.1) is 29.8 Å². The van der Waals surface area contributed by atoms with Gasteiger partial charge in [-0.15, -0.1) is 0 Å². The minimum absolute atomic E-state index is 0.163. The van der Waals surface area contributed by atoms with Crippen LogP contribution in [-0.2, 0) is 19.6 Å². The normalized spacial score (nSPS) is 12.2. The number of nitrogens with zero attached hydrogens (tertiary/aromatic N) is 1. The van der Waals surface area contributed by atoms with Crippen LogP contribution in [0.4, 0.5) is 0 Å². The van der Waals surface area contributed by atoms with Gasteiger partial charge in [0.25, 0.3) is 0 Å². The molecule has 0 bridgehead atoms. The lowest BCUT2D eigenvalue weighted by Crippen LogP contribution is -2.50. The van der Waals surface area contributed by atoms with Crippen LogP contribution in [-0.4, -0.2) is 55.5 Å². The fraction of sp³-hybridized carbons (Fsp3) is 0.727. The van der Waals surface area contributed by atoms with E-state index >= 15 is 0 Å². The van der Waals surface area contributed by atoms with E-state index in [0.29, 0.717) is 24.1 Å². The second-order valence-corrected chi connectivity index (χ2v) is 5.63. The summed E-state index contributed by atoms with van der Waals surface area (Å²) in [6, 6.07) is 0. The Bertz CT molecular complexity index is 373. The molecule has 0 amide bonds. The maximum atomic E-state index is 11.0. The summed E-state index contributed by atoms with van der Waals surface area (Å²) >= 11 is 0. The molecule has 0 aromatic carbocycles. The van der Waals surface area contributed by atoms with E-state index in [-0.39, 0.29) is 18.9 Å². The fourth-order valence-electron chi connectivity index (χ4n) is 1.62. The molecule has 0 aliphatic carbocycles. The maximum Gasteiger partial charge on any atom is 0.334 e. The average Bonchev–Trinajstić information content (AvgIpc) is 2.32. The molecule has 0 aliphatic rings. The van der Waals surface area contributed by atoms with E-state index in [1.54, 1.807) is 0 Å². The smallest absolute Gasteiger partial charge is 0.334 e. The third-order valence-corrected chi connectivity index (χ3v) is 3.80. The third-order valence-electron chi connectivity index (χ3n) is 3.02. The van der Waals surface area contributed by atoms with E-state index in [1.165, 1.54) is 0 Å². The van der Waals surface area contributed by atoms with Gasteiger partial charge in [-0.05, 0) is 13.8 Å². The first kappa shape index (κ1) is 17.1. The average molecular weight is 279 g/mol. The lowest BCUT2D eigenvalue weighted by Gasteiger charge is -2.35. The Morgan fingerprint density at radius 2 is 1.94 bits per heavy atom. The van der Waals surface area contributed by atoms with Crippen LogP contribution in [0.15, 0.2) is 12.7 Å². The predicted molar refractivity (Wildman–Crippen MR) is 66.5 cm³/mol. The maximum absolute atomic E-state index is 11.0. The van der Waals surface area contributed by atoms with E-state index in [0.717, 1.165) is 6.08 Å². The van der Waals surface area contributed by atoms with Crippen LogP contribution >= 0.6 is 0 Å². The summed E-state index contributed by atoms with van der Waals surface area (Å²) in [6.45, 7) is 9.20. The molecule has 0 rings (SSSR count).